The fourth-order valence-electron chi connectivity index (χ4n) is 2.59. The molecule has 1 N–H and O–H groups in total. The van der Waals surface area contributed by atoms with E-state index in [4.69, 9.17) is 4.74 Å². The fourth-order valence-corrected chi connectivity index (χ4v) is 2.59. The van der Waals surface area contributed by atoms with Crippen LogP contribution in [0.25, 0.3) is 0 Å². The first kappa shape index (κ1) is 16.0. The van der Waals surface area contributed by atoms with Gasteiger partial charge in [0, 0.05) is 31.9 Å². The van der Waals surface area contributed by atoms with Crippen molar-refractivity contribution in [3.8, 4) is 5.75 Å². The molecule has 124 valence electrons. The van der Waals surface area contributed by atoms with Gasteiger partial charge < -0.3 is 15.0 Å². The summed E-state index contributed by atoms with van der Waals surface area (Å²) in [5.41, 5.74) is 1.65. The van der Waals surface area contributed by atoms with Gasteiger partial charge in [0.1, 0.15) is 5.75 Å². The van der Waals surface area contributed by atoms with E-state index >= 15 is 0 Å². The van der Waals surface area contributed by atoms with Crippen molar-refractivity contribution in [2.24, 2.45) is 0 Å². The van der Waals surface area contributed by atoms with Crippen LogP contribution < -0.4 is 15.0 Å². The summed E-state index contributed by atoms with van der Waals surface area (Å²) in [4.78, 5) is 30.0. The molecule has 0 bridgehead atoms. The van der Waals surface area contributed by atoms with E-state index in [1.807, 2.05) is 36.4 Å². The summed E-state index contributed by atoms with van der Waals surface area (Å²) in [6.45, 7) is 2.47. The average Bonchev–Trinajstić information content (AvgIpc) is 2.61. The first-order chi connectivity index (χ1) is 11.6. The van der Waals surface area contributed by atoms with Gasteiger partial charge in [0.2, 0.25) is 5.91 Å². The SMILES string of the molecule is C[C@H]1Oc2ccccc2N(CCC(=O)NCc2cccnc2)C1=O. The zero-order valence-corrected chi connectivity index (χ0v) is 13.4. The maximum atomic E-state index is 12.3. The number of nitrogens with one attached hydrogen (secondary N) is 1. The van der Waals surface area contributed by atoms with Gasteiger partial charge in [0.15, 0.2) is 6.10 Å². The van der Waals surface area contributed by atoms with E-state index in [9.17, 15) is 9.59 Å². The molecule has 24 heavy (non-hydrogen) atoms. The lowest BCUT2D eigenvalue weighted by Gasteiger charge is -2.32. The minimum atomic E-state index is -0.543. The minimum absolute atomic E-state index is 0.108. The first-order valence-corrected chi connectivity index (χ1v) is 7.88. The molecule has 6 heteroatoms. The number of pyridine rings is 1. The number of carbonyl (C=O) groups excluding carboxylic acids is 2. The Kier molecular flexibility index (Phi) is 4.74. The molecule has 1 aliphatic heterocycles. The minimum Gasteiger partial charge on any atom is -0.479 e. The standard InChI is InChI=1S/C18H19N3O3/c1-13-18(23)21(15-6-2-3-7-16(15)24-13)10-8-17(22)20-12-14-5-4-9-19-11-14/h2-7,9,11,13H,8,10,12H2,1H3,(H,20,22)/t13-/m1/s1. The monoisotopic (exact) mass is 325 g/mol. The number of anilines is 1. The number of fused-ring (bicyclic) bond motifs is 1. The van der Waals surface area contributed by atoms with Crippen molar-refractivity contribution in [2.45, 2.75) is 26.0 Å². The van der Waals surface area contributed by atoms with Crippen molar-refractivity contribution in [3.63, 3.8) is 0 Å². The molecule has 0 radical (unpaired) electrons. The zero-order valence-electron chi connectivity index (χ0n) is 13.4. The Morgan fingerprint density at radius 1 is 1.29 bits per heavy atom. The number of carbonyl (C=O) groups is 2. The maximum absolute atomic E-state index is 12.3. The highest BCUT2D eigenvalue weighted by molar-refractivity contribution is 6.00. The quantitative estimate of drug-likeness (QED) is 0.911. The molecule has 2 aromatic rings. The van der Waals surface area contributed by atoms with Gasteiger partial charge in [-0.05, 0) is 30.7 Å². The third-order valence-electron chi connectivity index (χ3n) is 3.85. The molecule has 0 spiro atoms. The van der Waals surface area contributed by atoms with Crippen molar-refractivity contribution < 1.29 is 14.3 Å². The summed E-state index contributed by atoms with van der Waals surface area (Å²) in [6.07, 6.45) is 3.09. The number of ether oxygens (including phenoxy) is 1. The lowest BCUT2D eigenvalue weighted by molar-refractivity contribution is -0.125. The number of hydrogen-bond donors (Lipinski definition) is 1. The van der Waals surface area contributed by atoms with Crippen LogP contribution in [0.2, 0.25) is 0 Å². The number of aromatic nitrogens is 1. The van der Waals surface area contributed by atoms with Crippen molar-refractivity contribution in [1.29, 1.82) is 0 Å². The molecule has 1 atom stereocenters. The van der Waals surface area contributed by atoms with E-state index in [-0.39, 0.29) is 18.2 Å². The van der Waals surface area contributed by atoms with Gasteiger partial charge >= 0.3 is 0 Å². The predicted molar refractivity (Wildman–Crippen MR) is 89.6 cm³/mol. The molecule has 1 aromatic heterocycles. The molecule has 0 aliphatic carbocycles. The van der Waals surface area contributed by atoms with Crippen LogP contribution in [0.15, 0.2) is 48.8 Å². The highest BCUT2D eigenvalue weighted by Crippen LogP contribution is 2.33. The van der Waals surface area contributed by atoms with E-state index in [0.717, 1.165) is 5.56 Å². The van der Waals surface area contributed by atoms with Crippen LogP contribution in [0.4, 0.5) is 5.69 Å². The van der Waals surface area contributed by atoms with Gasteiger partial charge in [-0.15, -0.1) is 0 Å². The number of nitrogens with zero attached hydrogens (tertiary/aromatic N) is 2. The van der Waals surface area contributed by atoms with E-state index in [1.165, 1.54) is 0 Å². The van der Waals surface area contributed by atoms with Crippen molar-refractivity contribution in [3.05, 3.63) is 54.4 Å². The van der Waals surface area contributed by atoms with E-state index in [1.54, 1.807) is 24.2 Å². The number of hydrogen-bond acceptors (Lipinski definition) is 4. The van der Waals surface area contributed by atoms with Crippen LogP contribution in [0, 0.1) is 0 Å². The number of para-hydroxylation sites is 2. The summed E-state index contributed by atoms with van der Waals surface area (Å²) in [5.74, 6) is 0.428. The normalized spacial score (nSPS) is 16.3. The average molecular weight is 325 g/mol. The summed E-state index contributed by atoms with van der Waals surface area (Å²) in [6, 6.07) is 11.1. The number of rotatable bonds is 5. The Morgan fingerprint density at radius 2 is 2.12 bits per heavy atom. The molecule has 0 unspecified atom stereocenters. The zero-order chi connectivity index (χ0) is 16.9. The third kappa shape index (κ3) is 3.53. The molecule has 0 saturated carbocycles. The van der Waals surface area contributed by atoms with Gasteiger partial charge in [-0.2, -0.15) is 0 Å². The summed E-state index contributed by atoms with van der Waals surface area (Å²) < 4.78 is 5.59. The molecule has 1 aliphatic rings. The highest BCUT2D eigenvalue weighted by atomic mass is 16.5. The largest absolute Gasteiger partial charge is 0.479 e. The van der Waals surface area contributed by atoms with Crippen molar-refractivity contribution in [2.75, 3.05) is 11.4 Å². The lowest BCUT2D eigenvalue weighted by Crippen LogP contribution is -2.45. The summed E-state index contributed by atoms with van der Waals surface area (Å²) >= 11 is 0. The van der Waals surface area contributed by atoms with E-state index < -0.39 is 6.10 Å². The molecule has 2 amide bonds. The molecular formula is C18H19N3O3. The van der Waals surface area contributed by atoms with Crippen LogP contribution in [0.1, 0.15) is 18.9 Å². The molecule has 0 fully saturated rings. The van der Waals surface area contributed by atoms with Gasteiger partial charge in [-0.1, -0.05) is 18.2 Å². The van der Waals surface area contributed by atoms with Crippen LogP contribution in [-0.2, 0) is 16.1 Å². The van der Waals surface area contributed by atoms with Crippen LogP contribution in [0.5, 0.6) is 5.75 Å². The topological polar surface area (TPSA) is 71.5 Å². The second kappa shape index (κ2) is 7.12. The second-order valence-corrected chi connectivity index (χ2v) is 5.61. The number of benzene rings is 1. The van der Waals surface area contributed by atoms with Crippen LogP contribution >= 0.6 is 0 Å². The maximum Gasteiger partial charge on any atom is 0.267 e. The molecule has 3 rings (SSSR count). The Bertz CT molecular complexity index is 733. The molecule has 0 saturated heterocycles. The molecule has 1 aromatic carbocycles. The van der Waals surface area contributed by atoms with Gasteiger partial charge in [0.05, 0.1) is 5.69 Å². The Balaban J connectivity index is 1.59. The fraction of sp³-hybridized carbons (Fsp3) is 0.278. The molecule has 6 nitrogen and oxygen atoms in total. The first-order valence-electron chi connectivity index (χ1n) is 7.88. The van der Waals surface area contributed by atoms with Crippen molar-refractivity contribution in [1.82, 2.24) is 10.3 Å². The smallest absolute Gasteiger partial charge is 0.267 e. The van der Waals surface area contributed by atoms with E-state index in [2.05, 4.69) is 10.3 Å². The summed E-state index contributed by atoms with van der Waals surface area (Å²) in [7, 11) is 0. The van der Waals surface area contributed by atoms with Crippen molar-refractivity contribution >= 4 is 17.5 Å². The molecule has 2 heterocycles. The third-order valence-corrected chi connectivity index (χ3v) is 3.85. The molecular weight excluding hydrogens is 306 g/mol. The van der Waals surface area contributed by atoms with Crippen LogP contribution in [-0.4, -0.2) is 29.4 Å². The van der Waals surface area contributed by atoms with Gasteiger partial charge in [0.25, 0.3) is 5.91 Å². The number of amides is 2. The predicted octanol–water partition coefficient (Wildman–Crippen LogP) is 1.90. The second-order valence-electron chi connectivity index (χ2n) is 5.61. The Labute approximate surface area is 140 Å². The Morgan fingerprint density at radius 3 is 2.92 bits per heavy atom. The lowest BCUT2D eigenvalue weighted by atomic mass is 10.1. The van der Waals surface area contributed by atoms with Crippen LogP contribution in [0.3, 0.4) is 0 Å². The van der Waals surface area contributed by atoms with E-state index in [0.29, 0.717) is 24.5 Å². The highest BCUT2D eigenvalue weighted by Gasteiger charge is 2.31. The summed E-state index contributed by atoms with van der Waals surface area (Å²) in [5, 5.41) is 2.84. The Hall–Kier alpha value is -2.89. The van der Waals surface area contributed by atoms with Gasteiger partial charge in [-0.25, -0.2) is 0 Å². The van der Waals surface area contributed by atoms with Gasteiger partial charge in [-0.3, -0.25) is 14.6 Å².